The van der Waals surface area contributed by atoms with Crippen LogP contribution in [0.2, 0.25) is 26.2 Å². The summed E-state index contributed by atoms with van der Waals surface area (Å²) in [6.45, 7) is 18.0. The van der Waals surface area contributed by atoms with Gasteiger partial charge < -0.3 is 9.02 Å². The second-order valence-electron chi connectivity index (χ2n) is 6.65. The molecular weight excluding hydrogens is 242 g/mol. The molecule has 4 heteroatoms. The minimum atomic E-state index is -1.62. The van der Waals surface area contributed by atoms with Gasteiger partial charge in [0, 0.05) is 12.7 Å². The molecule has 0 aromatic rings. The van der Waals surface area contributed by atoms with Crippen molar-refractivity contribution >= 4 is 16.6 Å². The fraction of sp³-hybridized carbons (Fsp3) is 0.846. The third-order valence-corrected chi connectivity index (χ3v) is 9.88. The van der Waals surface area contributed by atoms with Crippen LogP contribution in [-0.4, -0.2) is 40.8 Å². The van der Waals surface area contributed by atoms with Gasteiger partial charge in [0.1, 0.15) is 0 Å². The number of rotatable bonds is 5. The van der Waals surface area contributed by atoms with Gasteiger partial charge in [0.05, 0.1) is 0 Å². The van der Waals surface area contributed by atoms with Gasteiger partial charge in [-0.1, -0.05) is 12.6 Å². The molecule has 1 aliphatic rings. The van der Waals surface area contributed by atoms with Crippen LogP contribution in [0.4, 0.5) is 0 Å². The van der Waals surface area contributed by atoms with Crippen LogP contribution < -0.4 is 0 Å². The van der Waals surface area contributed by atoms with Crippen LogP contribution in [0.15, 0.2) is 12.3 Å². The minimum absolute atomic E-state index is 0.859. The van der Waals surface area contributed by atoms with E-state index in [2.05, 4.69) is 50.3 Å². The van der Waals surface area contributed by atoms with Gasteiger partial charge >= 0.3 is 0 Å². The van der Waals surface area contributed by atoms with Crippen molar-refractivity contribution in [2.45, 2.75) is 46.0 Å². The van der Waals surface area contributed by atoms with Crippen LogP contribution in [0.5, 0.6) is 0 Å². The van der Waals surface area contributed by atoms with E-state index in [-0.39, 0.29) is 0 Å². The molecule has 0 N–H and O–H groups in total. The second kappa shape index (κ2) is 5.82. The molecule has 1 heterocycles. The van der Waals surface area contributed by atoms with Crippen molar-refractivity contribution in [1.29, 1.82) is 0 Å². The van der Waals surface area contributed by atoms with Crippen molar-refractivity contribution in [3.63, 3.8) is 0 Å². The molecule has 0 saturated carbocycles. The zero-order valence-electron chi connectivity index (χ0n) is 12.3. The largest absolute Gasteiger partial charge is 0.452 e. The van der Waals surface area contributed by atoms with Crippen LogP contribution in [-0.2, 0) is 4.12 Å². The van der Waals surface area contributed by atoms with E-state index >= 15 is 0 Å². The number of nitrogens with zero attached hydrogens (tertiary/aromatic N) is 1. The van der Waals surface area contributed by atoms with Gasteiger partial charge in [-0.05, 0) is 51.5 Å². The van der Waals surface area contributed by atoms with E-state index in [1.54, 1.807) is 0 Å². The second-order valence-corrected chi connectivity index (χ2v) is 14.9. The van der Waals surface area contributed by atoms with Gasteiger partial charge in [-0.15, -0.1) is 6.58 Å². The lowest BCUT2D eigenvalue weighted by molar-refractivity contribution is 0.202. The summed E-state index contributed by atoms with van der Waals surface area (Å²) < 4.78 is 6.43. The van der Waals surface area contributed by atoms with Crippen LogP contribution in [0.3, 0.4) is 0 Å². The van der Waals surface area contributed by atoms with Crippen molar-refractivity contribution in [2.24, 2.45) is 5.92 Å². The van der Waals surface area contributed by atoms with E-state index in [0.29, 0.717) is 0 Å². The average molecular weight is 272 g/mol. The lowest BCUT2D eigenvalue weighted by Gasteiger charge is -2.38. The quantitative estimate of drug-likeness (QED) is 0.711. The zero-order valence-corrected chi connectivity index (χ0v) is 14.3. The molecule has 0 spiro atoms. The van der Waals surface area contributed by atoms with Gasteiger partial charge in [0.2, 0.25) is 0 Å². The molecule has 0 radical (unpaired) electrons. The zero-order chi connectivity index (χ0) is 13.1. The Morgan fingerprint density at radius 2 is 2.00 bits per heavy atom. The molecule has 1 atom stereocenters. The molecule has 1 fully saturated rings. The first kappa shape index (κ1) is 15.2. The summed E-state index contributed by atoms with van der Waals surface area (Å²) in [7, 11) is -3.18. The fourth-order valence-electron chi connectivity index (χ4n) is 2.75. The summed E-state index contributed by atoms with van der Waals surface area (Å²) in [5, 5.41) is 0. The van der Waals surface area contributed by atoms with Gasteiger partial charge in [-0.3, -0.25) is 0 Å². The molecule has 0 aromatic carbocycles. The van der Waals surface area contributed by atoms with Gasteiger partial charge in [0.25, 0.3) is 0 Å². The number of piperidine rings is 1. The van der Waals surface area contributed by atoms with Gasteiger partial charge in [-0.2, -0.15) is 0 Å². The predicted octanol–water partition coefficient (Wildman–Crippen LogP) is 3.41. The maximum absolute atomic E-state index is 6.43. The molecule has 0 bridgehead atoms. The Labute approximate surface area is 109 Å². The maximum atomic E-state index is 6.43. The van der Waals surface area contributed by atoms with E-state index in [1.807, 2.05) is 0 Å². The lowest BCUT2D eigenvalue weighted by atomic mass is 10.0. The summed E-state index contributed by atoms with van der Waals surface area (Å²) in [6, 6.07) is 0. The predicted molar refractivity (Wildman–Crippen MR) is 81.1 cm³/mol. The van der Waals surface area contributed by atoms with Crippen molar-refractivity contribution < 1.29 is 4.12 Å². The van der Waals surface area contributed by atoms with E-state index in [9.17, 15) is 0 Å². The summed E-state index contributed by atoms with van der Waals surface area (Å²) in [6.07, 6.45) is 3.93. The molecule has 0 amide bonds. The molecule has 1 unspecified atom stereocenters. The maximum Gasteiger partial charge on any atom is 0.198 e. The molecule has 1 rings (SSSR count). The first-order chi connectivity index (χ1) is 7.74. The molecule has 2 nitrogen and oxygen atoms in total. The topological polar surface area (TPSA) is 12.5 Å². The lowest BCUT2D eigenvalue weighted by Crippen LogP contribution is -2.52. The van der Waals surface area contributed by atoms with E-state index in [4.69, 9.17) is 4.12 Å². The van der Waals surface area contributed by atoms with E-state index in [0.717, 1.165) is 5.92 Å². The standard InChI is InChI=1S/C13H29NOSi2/c1-7-16(3,4)15-17(5,6)12-14-10-8-9-13(2)11-14/h7,13H,1,8-12H2,2-6H3. The van der Waals surface area contributed by atoms with Crippen LogP contribution >= 0.6 is 0 Å². The van der Waals surface area contributed by atoms with Crippen molar-refractivity contribution in [3.8, 4) is 0 Å². The molecule has 17 heavy (non-hydrogen) atoms. The number of hydrogen-bond donors (Lipinski definition) is 0. The highest BCUT2D eigenvalue weighted by Crippen LogP contribution is 2.20. The van der Waals surface area contributed by atoms with Crippen molar-refractivity contribution in [1.82, 2.24) is 4.90 Å². The molecule has 1 saturated heterocycles. The SMILES string of the molecule is C=C[Si](C)(C)O[Si](C)(C)CN1CCCC(C)C1. The normalized spacial score (nSPS) is 23.7. The third-order valence-electron chi connectivity index (χ3n) is 3.38. The third kappa shape index (κ3) is 5.51. The minimum Gasteiger partial charge on any atom is -0.452 e. The van der Waals surface area contributed by atoms with Crippen LogP contribution in [0.1, 0.15) is 19.8 Å². The summed E-state index contributed by atoms with van der Waals surface area (Å²) in [4.78, 5) is 2.62. The number of likely N-dealkylation sites (tertiary alicyclic amines) is 1. The van der Waals surface area contributed by atoms with Gasteiger partial charge in [-0.25, -0.2) is 0 Å². The molecule has 100 valence electrons. The highest BCUT2D eigenvalue weighted by atomic mass is 28.4. The average Bonchev–Trinajstić information content (AvgIpc) is 2.15. The summed E-state index contributed by atoms with van der Waals surface area (Å²) >= 11 is 0. The van der Waals surface area contributed by atoms with Crippen molar-refractivity contribution in [3.05, 3.63) is 12.3 Å². The molecule has 0 aromatic heterocycles. The Hall–Kier alpha value is 0.0938. The Morgan fingerprint density at radius 1 is 1.35 bits per heavy atom. The highest BCUT2D eigenvalue weighted by molar-refractivity contribution is 6.87. The Kier molecular flexibility index (Phi) is 5.19. The Morgan fingerprint density at radius 3 is 2.53 bits per heavy atom. The summed E-state index contributed by atoms with van der Waals surface area (Å²) in [5.74, 6) is 0.859. The molecule has 0 aliphatic carbocycles. The highest BCUT2D eigenvalue weighted by Gasteiger charge is 2.33. The Bertz CT molecular complexity index is 266. The van der Waals surface area contributed by atoms with E-state index in [1.165, 1.54) is 32.1 Å². The van der Waals surface area contributed by atoms with E-state index < -0.39 is 16.6 Å². The van der Waals surface area contributed by atoms with Gasteiger partial charge in [0.15, 0.2) is 16.6 Å². The molecule has 1 aliphatic heterocycles. The van der Waals surface area contributed by atoms with Crippen molar-refractivity contribution in [2.75, 3.05) is 19.3 Å². The number of hydrogen-bond acceptors (Lipinski definition) is 2. The fourth-order valence-corrected chi connectivity index (χ4v) is 10.4. The summed E-state index contributed by atoms with van der Waals surface area (Å²) in [5.41, 5.74) is 2.06. The van der Waals surface area contributed by atoms with Crippen LogP contribution in [0.25, 0.3) is 0 Å². The first-order valence-electron chi connectivity index (χ1n) is 6.80. The smallest absolute Gasteiger partial charge is 0.198 e. The Balaban J connectivity index is 2.50. The van der Waals surface area contributed by atoms with Crippen LogP contribution in [0, 0.1) is 5.92 Å². The monoisotopic (exact) mass is 271 g/mol. The first-order valence-corrected chi connectivity index (χ1v) is 12.9. The molecular formula is C13H29NOSi2.